The highest BCUT2D eigenvalue weighted by Crippen LogP contribution is 2.57. The quantitative estimate of drug-likeness (QED) is 0.0177. The average molecular weight is 1230 g/mol. The topological polar surface area (TPSA) is 326 Å². The highest BCUT2D eigenvalue weighted by atomic mass is 32.1. The largest absolute Gasteiger partial charge is 0.573 e. The number of thiocarbonyl (C=S) groups is 1. The second kappa shape index (κ2) is 26.1. The summed E-state index contributed by atoms with van der Waals surface area (Å²) in [5.41, 5.74) is 5.40. The minimum Gasteiger partial charge on any atom is -0.508 e. The number of carbonyl (C=O) groups excluding carboxylic acids is 5. The number of aliphatic carboxylic acids is 2. The zero-order valence-electron chi connectivity index (χ0n) is 47.2. The first-order valence-corrected chi connectivity index (χ1v) is 27.9. The van der Waals surface area contributed by atoms with Crippen molar-refractivity contribution in [2.24, 2.45) is 0 Å². The van der Waals surface area contributed by atoms with Gasteiger partial charge in [-0.15, -0.1) is 13.2 Å². The molecule has 0 unspecified atom stereocenters. The molecule has 3 heterocycles. The third-order valence-electron chi connectivity index (χ3n) is 14.6. The van der Waals surface area contributed by atoms with Crippen LogP contribution in [-0.4, -0.2) is 115 Å². The summed E-state index contributed by atoms with van der Waals surface area (Å²) in [6.45, 7) is 5.09. The summed E-state index contributed by atoms with van der Waals surface area (Å²) in [5.74, 6) is -6.97. The van der Waals surface area contributed by atoms with E-state index in [0.717, 1.165) is 0 Å². The number of phenolic OH excluding ortho intramolecular Hbond substituents is 2. The van der Waals surface area contributed by atoms with Crippen molar-refractivity contribution in [2.75, 3.05) is 18.4 Å². The number of amides is 4. The van der Waals surface area contributed by atoms with E-state index in [9.17, 15) is 67.2 Å². The number of phenols is 2. The highest BCUT2D eigenvalue weighted by molar-refractivity contribution is 7.80. The second-order valence-electron chi connectivity index (χ2n) is 20.9. The van der Waals surface area contributed by atoms with Gasteiger partial charge in [0, 0.05) is 66.0 Å². The monoisotopic (exact) mass is 1230 g/mol. The van der Waals surface area contributed by atoms with Crippen molar-refractivity contribution < 1.29 is 81.4 Å². The fraction of sp³-hybridized carbons (Fsp3) is 0.258. The minimum absolute atomic E-state index is 0.0671. The van der Waals surface area contributed by atoms with Crippen LogP contribution in [0.5, 0.6) is 28.7 Å². The number of hydrogen-bond donors (Lipinski definition) is 10. The highest BCUT2D eigenvalue weighted by Gasteiger charge is 2.54. The minimum atomic E-state index is -4.87. The summed E-state index contributed by atoms with van der Waals surface area (Å²) in [7, 11) is 0. The Hall–Kier alpha value is -10.4. The Morgan fingerprint density at radius 1 is 0.670 bits per heavy atom. The van der Waals surface area contributed by atoms with Crippen LogP contribution in [0.3, 0.4) is 0 Å². The molecule has 0 bridgehead atoms. The van der Waals surface area contributed by atoms with Crippen LogP contribution in [0.2, 0.25) is 0 Å². The lowest BCUT2D eigenvalue weighted by atomic mass is 9.77. The molecule has 1 spiro atoms. The number of ether oxygens (including phenoxy) is 3. The molecule has 88 heavy (non-hydrogen) atoms. The average Bonchev–Trinajstić information content (AvgIpc) is 1.51. The normalized spacial score (nSPS) is 13.7. The lowest BCUT2D eigenvalue weighted by molar-refractivity contribution is -0.274. The molecule has 1 aromatic heterocycles. The van der Waals surface area contributed by atoms with Crippen LogP contribution in [-0.2, 0) is 40.7 Å². The van der Waals surface area contributed by atoms with E-state index < -0.39 is 84.5 Å². The molecule has 4 amide bonds. The molecule has 6 aromatic carbocycles. The first kappa shape index (κ1) is 62.2. The number of carboxylic acids is 2. The lowest BCUT2D eigenvalue weighted by Crippen LogP contribution is -2.49. The van der Waals surface area contributed by atoms with Crippen molar-refractivity contribution in [2.45, 2.75) is 89.4 Å². The van der Waals surface area contributed by atoms with Crippen LogP contribution in [0.4, 0.5) is 18.9 Å². The summed E-state index contributed by atoms with van der Waals surface area (Å²) < 4.78 is 54.7. The number of hydrogen-bond acceptors (Lipinski definition) is 15. The SMILES string of the molecule is Cc1cc(OC(F)(F)F)ccc1-c1ccc(C[C@H](NC(=O)c2ccc3nc(C)c(C)nc3c2)C(=O)NCCC(=O)N[C@H](CC(=O)N[C@H](CCCCNC(=S)Nc2ccc3c(c2)C(=O)OC32c3ccc(O)cc3Oc3cc(O)ccc32)C(=O)O)C(=O)O)cc1. The fourth-order valence-corrected chi connectivity index (χ4v) is 10.5. The number of esters is 1. The smallest absolute Gasteiger partial charge is 0.508 e. The van der Waals surface area contributed by atoms with Gasteiger partial charge in [-0.3, -0.25) is 19.2 Å². The molecule has 0 fully saturated rings. The van der Waals surface area contributed by atoms with Gasteiger partial charge in [0.15, 0.2) is 10.7 Å². The molecular weight excluding hydrogens is 1170 g/mol. The molecule has 0 saturated carbocycles. The Kier molecular flexibility index (Phi) is 18.4. The molecule has 0 aliphatic carbocycles. The molecule has 9 rings (SSSR count). The van der Waals surface area contributed by atoms with Crippen LogP contribution in [0.25, 0.3) is 22.2 Å². The summed E-state index contributed by atoms with van der Waals surface area (Å²) in [4.78, 5) is 101. The number of aryl methyl sites for hydroxylation is 3. The number of anilines is 1. The maximum atomic E-state index is 13.8. The number of carbonyl (C=O) groups is 7. The Labute approximate surface area is 504 Å². The molecule has 2 aliphatic heterocycles. The van der Waals surface area contributed by atoms with E-state index in [1.165, 1.54) is 54.6 Å². The molecule has 10 N–H and O–H groups in total. The van der Waals surface area contributed by atoms with Gasteiger partial charge in [-0.1, -0.05) is 36.4 Å². The first-order valence-electron chi connectivity index (χ1n) is 27.4. The van der Waals surface area contributed by atoms with Gasteiger partial charge in [-0.2, -0.15) is 0 Å². The van der Waals surface area contributed by atoms with E-state index in [1.54, 1.807) is 81.4 Å². The van der Waals surface area contributed by atoms with E-state index in [4.69, 9.17) is 21.7 Å². The molecule has 456 valence electrons. The maximum absolute atomic E-state index is 13.8. The van der Waals surface area contributed by atoms with E-state index >= 15 is 0 Å². The van der Waals surface area contributed by atoms with Crippen LogP contribution in [0.15, 0.2) is 115 Å². The molecule has 3 atom stereocenters. The van der Waals surface area contributed by atoms with Crippen molar-refractivity contribution in [3.8, 4) is 39.9 Å². The molecule has 7 aromatic rings. The molecule has 0 radical (unpaired) electrons. The number of nitrogens with zero attached hydrogens (tertiary/aromatic N) is 2. The van der Waals surface area contributed by atoms with Crippen molar-refractivity contribution in [3.63, 3.8) is 0 Å². The van der Waals surface area contributed by atoms with E-state index in [1.807, 2.05) is 0 Å². The summed E-state index contributed by atoms with van der Waals surface area (Å²) in [6.07, 6.45) is -5.70. The van der Waals surface area contributed by atoms with Gasteiger partial charge < -0.3 is 66.5 Å². The predicted octanol–water partition coefficient (Wildman–Crippen LogP) is 7.63. The van der Waals surface area contributed by atoms with Crippen LogP contribution < -0.4 is 41.4 Å². The van der Waals surface area contributed by atoms with Crippen LogP contribution in [0.1, 0.15) is 92.0 Å². The van der Waals surface area contributed by atoms with Gasteiger partial charge in [0.05, 0.1) is 34.4 Å². The number of aromatic nitrogens is 2. The first-order chi connectivity index (χ1) is 41.8. The van der Waals surface area contributed by atoms with Gasteiger partial charge in [0.1, 0.15) is 46.9 Å². The van der Waals surface area contributed by atoms with Gasteiger partial charge in [0.25, 0.3) is 5.91 Å². The molecule has 2 aliphatic rings. The third-order valence-corrected chi connectivity index (χ3v) is 14.9. The van der Waals surface area contributed by atoms with Crippen LogP contribution >= 0.6 is 12.2 Å². The number of unbranched alkanes of at least 4 members (excludes halogenated alkanes) is 1. The number of alkyl halides is 3. The van der Waals surface area contributed by atoms with Crippen molar-refractivity contribution >= 4 is 75.6 Å². The van der Waals surface area contributed by atoms with E-state index in [-0.39, 0.29) is 77.3 Å². The van der Waals surface area contributed by atoms with Crippen molar-refractivity contribution in [3.05, 3.63) is 166 Å². The Morgan fingerprint density at radius 2 is 1.32 bits per heavy atom. The standard InChI is InChI=1S/C62H57F3N8O14S/c1-31-24-40(86-62(63,64)65)15-16-41(31)35-9-7-34(8-10-35)25-49(73-55(78)36-11-20-46-48(26-36)69-33(3)32(2)68-46)56(79)66-23-21-53(76)72-50(58(82)83)30-54(77)71-47(57(80)81)6-4-5-22-67-60(88)70-37-12-17-43-42(27-37)59(84)87-61(43)44-18-13-38(74)28-51(44)85-52-29-39(75)14-19-45(52)61/h7-20,24,26-29,47,49-50,74-75H,4-6,21-23,25,30H2,1-3H3,(H,66,79)(H,71,77)(H,72,76)(H,73,78)(H,80,81)(H,82,83)(H2,67,70,88)/t47-,49+,50-/m1/s1. The Morgan fingerprint density at radius 3 is 1.97 bits per heavy atom. The molecule has 0 saturated heterocycles. The summed E-state index contributed by atoms with van der Waals surface area (Å²) in [6, 6.07) is 24.6. The van der Waals surface area contributed by atoms with E-state index in [0.29, 0.717) is 73.5 Å². The third kappa shape index (κ3) is 14.5. The van der Waals surface area contributed by atoms with Crippen molar-refractivity contribution in [1.29, 1.82) is 0 Å². The Bertz CT molecular complexity index is 3890. The zero-order valence-corrected chi connectivity index (χ0v) is 48.0. The Balaban J connectivity index is 0.748. The predicted molar refractivity (Wildman–Crippen MR) is 315 cm³/mol. The second-order valence-corrected chi connectivity index (χ2v) is 21.3. The molecular formula is C62H57F3N8O14S. The zero-order chi connectivity index (χ0) is 63.2. The number of halogens is 3. The maximum Gasteiger partial charge on any atom is 0.573 e. The van der Waals surface area contributed by atoms with Gasteiger partial charge in [-0.05, 0) is 141 Å². The fourth-order valence-electron chi connectivity index (χ4n) is 10.3. The number of fused-ring (bicyclic) bond motifs is 7. The van der Waals surface area contributed by atoms with E-state index in [2.05, 4.69) is 46.6 Å². The number of aromatic hydroxyl groups is 2. The molecule has 26 heteroatoms. The summed E-state index contributed by atoms with van der Waals surface area (Å²) in [5, 5.41) is 56.3. The summed E-state index contributed by atoms with van der Waals surface area (Å²) >= 11 is 5.48. The van der Waals surface area contributed by atoms with Crippen LogP contribution in [0, 0.1) is 20.8 Å². The number of rotatable bonds is 22. The van der Waals surface area contributed by atoms with Gasteiger partial charge in [-0.25, -0.2) is 24.4 Å². The lowest BCUT2D eigenvalue weighted by Gasteiger charge is -2.36. The number of carboxylic acid groups (broad SMARTS) is 2. The molecule has 22 nitrogen and oxygen atoms in total. The number of benzene rings is 6. The van der Waals surface area contributed by atoms with Gasteiger partial charge >= 0.3 is 24.3 Å². The van der Waals surface area contributed by atoms with Crippen molar-refractivity contribution in [1.82, 2.24) is 36.6 Å². The number of nitrogens with one attached hydrogen (secondary N) is 6. The van der Waals surface area contributed by atoms with Gasteiger partial charge in [0.2, 0.25) is 17.7 Å².